The van der Waals surface area contributed by atoms with Gasteiger partial charge in [-0.3, -0.25) is 9.89 Å². The Bertz CT molecular complexity index is 909. The quantitative estimate of drug-likeness (QED) is 0.713. The van der Waals surface area contributed by atoms with E-state index < -0.39 is 0 Å². The lowest BCUT2D eigenvalue weighted by Crippen LogP contribution is -2.40. The highest BCUT2D eigenvalue weighted by molar-refractivity contribution is 8.00. The van der Waals surface area contributed by atoms with Gasteiger partial charge in [-0.05, 0) is 31.4 Å². The zero-order valence-electron chi connectivity index (χ0n) is 14.6. The lowest BCUT2D eigenvalue weighted by Gasteiger charge is -2.31. The van der Waals surface area contributed by atoms with Crippen molar-refractivity contribution in [2.45, 2.75) is 30.2 Å². The van der Waals surface area contributed by atoms with Gasteiger partial charge >= 0.3 is 0 Å². The summed E-state index contributed by atoms with van der Waals surface area (Å²) in [7, 11) is 0. The molecule has 2 aromatic carbocycles. The van der Waals surface area contributed by atoms with Crippen molar-refractivity contribution in [3.05, 3.63) is 60.2 Å². The number of thioether (sulfide) groups is 1. The minimum absolute atomic E-state index is 0.105. The number of aryl methyl sites for hydroxylation is 1. The van der Waals surface area contributed by atoms with Gasteiger partial charge in [0.25, 0.3) is 0 Å². The van der Waals surface area contributed by atoms with Gasteiger partial charge in [0, 0.05) is 17.8 Å². The topological polar surface area (TPSA) is 61.9 Å². The minimum atomic E-state index is -0.249. The number of nitrogens with zero attached hydrogens (tertiary/aromatic N) is 3. The Morgan fingerprint density at radius 3 is 2.77 bits per heavy atom. The Labute approximate surface area is 156 Å². The summed E-state index contributed by atoms with van der Waals surface area (Å²) in [5.41, 5.74) is 3.26. The molecule has 1 aromatic heterocycles. The van der Waals surface area contributed by atoms with E-state index in [2.05, 4.69) is 21.2 Å². The number of aromatic nitrogens is 3. The van der Waals surface area contributed by atoms with E-state index in [-0.39, 0.29) is 11.2 Å². The molecule has 6 heteroatoms. The van der Waals surface area contributed by atoms with Crippen LogP contribution in [0.15, 0.2) is 59.8 Å². The number of hydrogen-bond acceptors (Lipinski definition) is 4. The van der Waals surface area contributed by atoms with E-state index >= 15 is 0 Å². The molecule has 0 unspecified atom stereocenters. The summed E-state index contributed by atoms with van der Waals surface area (Å²) in [6, 6.07) is 18.0. The first-order chi connectivity index (χ1) is 12.7. The molecule has 0 aliphatic carbocycles. The van der Waals surface area contributed by atoms with Gasteiger partial charge in [-0.25, -0.2) is 4.98 Å². The molecule has 1 N–H and O–H groups in total. The van der Waals surface area contributed by atoms with Crippen molar-refractivity contribution in [1.82, 2.24) is 15.2 Å². The van der Waals surface area contributed by atoms with Crippen LogP contribution in [0.5, 0.6) is 0 Å². The van der Waals surface area contributed by atoms with Gasteiger partial charge in [-0.1, -0.05) is 60.3 Å². The van der Waals surface area contributed by atoms with E-state index in [4.69, 9.17) is 0 Å². The third-order valence-corrected chi connectivity index (χ3v) is 5.47. The number of aromatic amines is 1. The fourth-order valence-corrected chi connectivity index (χ4v) is 4.00. The summed E-state index contributed by atoms with van der Waals surface area (Å²) >= 11 is 1.39. The van der Waals surface area contributed by atoms with Crippen LogP contribution in [-0.2, 0) is 11.2 Å². The van der Waals surface area contributed by atoms with Gasteiger partial charge in [0.15, 0.2) is 5.82 Å². The largest absolute Gasteiger partial charge is 0.311 e. The van der Waals surface area contributed by atoms with Crippen LogP contribution in [0.4, 0.5) is 5.69 Å². The van der Waals surface area contributed by atoms with Crippen LogP contribution in [0.1, 0.15) is 18.9 Å². The Hall–Kier alpha value is -2.60. The van der Waals surface area contributed by atoms with Crippen LogP contribution in [0, 0.1) is 0 Å². The van der Waals surface area contributed by atoms with E-state index in [0.29, 0.717) is 5.16 Å². The molecule has 0 fully saturated rings. The monoisotopic (exact) mass is 364 g/mol. The predicted octanol–water partition coefficient (Wildman–Crippen LogP) is 3.93. The summed E-state index contributed by atoms with van der Waals surface area (Å²) in [6.07, 6.45) is 2.03. The van der Waals surface area contributed by atoms with Crippen molar-refractivity contribution in [1.29, 1.82) is 0 Å². The van der Waals surface area contributed by atoms with Crippen LogP contribution in [0.3, 0.4) is 0 Å². The van der Waals surface area contributed by atoms with Gasteiger partial charge < -0.3 is 4.90 Å². The molecular weight excluding hydrogens is 344 g/mol. The van der Waals surface area contributed by atoms with E-state index in [1.807, 2.05) is 60.4 Å². The van der Waals surface area contributed by atoms with Crippen LogP contribution >= 0.6 is 11.8 Å². The third kappa shape index (κ3) is 3.37. The lowest BCUT2D eigenvalue weighted by atomic mass is 10.0. The second kappa shape index (κ2) is 7.33. The number of hydrogen-bond donors (Lipinski definition) is 1. The van der Waals surface area contributed by atoms with Crippen LogP contribution < -0.4 is 4.90 Å². The standard InChI is InChI=1S/C20H20N4OS/c1-14(19(25)24-13-7-11-15-8-5-6-12-17(15)24)26-20-21-18(22-23-20)16-9-3-2-4-10-16/h2-6,8-10,12,14H,7,11,13H2,1H3,(H,21,22,23)/t14-/m1/s1. The first kappa shape index (κ1) is 16.8. The predicted molar refractivity (Wildman–Crippen MR) is 104 cm³/mol. The number of para-hydroxylation sites is 1. The molecule has 1 aliphatic heterocycles. The Balaban J connectivity index is 1.48. The molecule has 0 bridgehead atoms. The highest BCUT2D eigenvalue weighted by Gasteiger charge is 2.27. The van der Waals surface area contributed by atoms with Gasteiger partial charge in [0.2, 0.25) is 11.1 Å². The fraction of sp³-hybridized carbons (Fsp3) is 0.250. The molecule has 1 aliphatic rings. The van der Waals surface area contributed by atoms with E-state index in [1.54, 1.807) is 0 Å². The molecule has 1 amide bonds. The van der Waals surface area contributed by atoms with Gasteiger partial charge in [-0.2, -0.15) is 0 Å². The number of carbonyl (C=O) groups excluding carboxylic acids is 1. The number of rotatable bonds is 4. The fourth-order valence-electron chi connectivity index (χ4n) is 3.21. The molecular formula is C20H20N4OS. The van der Waals surface area contributed by atoms with Crippen LogP contribution in [0.2, 0.25) is 0 Å². The maximum absolute atomic E-state index is 13.0. The molecule has 3 aromatic rings. The first-order valence-electron chi connectivity index (χ1n) is 8.76. The Morgan fingerprint density at radius 2 is 1.92 bits per heavy atom. The van der Waals surface area contributed by atoms with E-state index in [9.17, 15) is 4.79 Å². The molecule has 0 saturated carbocycles. The van der Waals surface area contributed by atoms with Crippen molar-refractivity contribution < 1.29 is 4.79 Å². The van der Waals surface area contributed by atoms with E-state index in [1.165, 1.54) is 17.3 Å². The molecule has 0 saturated heterocycles. The zero-order chi connectivity index (χ0) is 17.9. The van der Waals surface area contributed by atoms with Crippen molar-refractivity contribution in [2.75, 3.05) is 11.4 Å². The Morgan fingerprint density at radius 1 is 1.15 bits per heavy atom. The minimum Gasteiger partial charge on any atom is -0.311 e. The average molecular weight is 364 g/mol. The lowest BCUT2D eigenvalue weighted by molar-refractivity contribution is -0.117. The molecule has 5 nitrogen and oxygen atoms in total. The van der Waals surface area contributed by atoms with Gasteiger partial charge in [-0.15, -0.1) is 5.10 Å². The highest BCUT2D eigenvalue weighted by Crippen LogP contribution is 2.30. The van der Waals surface area contributed by atoms with E-state index in [0.717, 1.165) is 36.5 Å². The maximum atomic E-state index is 13.0. The second-order valence-corrected chi connectivity index (χ2v) is 7.62. The second-order valence-electron chi connectivity index (χ2n) is 6.31. The van der Waals surface area contributed by atoms with Gasteiger partial charge in [0.1, 0.15) is 0 Å². The summed E-state index contributed by atoms with van der Waals surface area (Å²) < 4.78 is 0. The molecule has 26 heavy (non-hydrogen) atoms. The van der Waals surface area contributed by atoms with Gasteiger partial charge in [0.05, 0.1) is 5.25 Å². The number of nitrogens with one attached hydrogen (secondary N) is 1. The first-order valence-corrected chi connectivity index (χ1v) is 9.64. The summed E-state index contributed by atoms with van der Waals surface area (Å²) in [5.74, 6) is 0.823. The smallest absolute Gasteiger partial charge is 0.240 e. The Kier molecular flexibility index (Phi) is 4.75. The van der Waals surface area contributed by atoms with Crippen molar-refractivity contribution in [3.8, 4) is 11.4 Å². The maximum Gasteiger partial charge on any atom is 0.240 e. The highest BCUT2D eigenvalue weighted by atomic mass is 32.2. The SMILES string of the molecule is C[C@@H](Sc1n[nH]c(-c2ccccc2)n1)C(=O)N1CCCc2ccccc21. The summed E-state index contributed by atoms with van der Waals surface area (Å²) in [6.45, 7) is 2.69. The molecule has 4 rings (SSSR count). The molecule has 0 spiro atoms. The number of carbonyl (C=O) groups is 1. The molecule has 2 heterocycles. The van der Waals surface area contributed by atoms with Crippen LogP contribution in [-0.4, -0.2) is 32.9 Å². The number of anilines is 1. The number of amides is 1. The molecule has 132 valence electrons. The molecule has 0 radical (unpaired) electrons. The van der Waals surface area contributed by atoms with Crippen molar-refractivity contribution >= 4 is 23.4 Å². The van der Waals surface area contributed by atoms with Crippen molar-refractivity contribution in [2.24, 2.45) is 0 Å². The molecule has 1 atom stereocenters. The number of benzene rings is 2. The summed E-state index contributed by atoms with van der Waals surface area (Å²) in [4.78, 5) is 19.4. The van der Waals surface area contributed by atoms with Crippen LogP contribution in [0.25, 0.3) is 11.4 Å². The average Bonchev–Trinajstić information content (AvgIpc) is 3.16. The third-order valence-electron chi connectivity index (χ3n) is 4.52. The number of H-pyrrole nitrogens is 1. The number of fused-ring (bicyclic) bond motifs is 1. The normalized spacial score (nSPS) is 14.7. The zero-order valence-corrected chi connectivity index (χ0v) is 15.4. The van der Waals surface area contributed by atoms with Crippen molar-refractivity contribution in [3.63, 3.8) is 0 Å². The summed E-state index contributed by atoms with van der Waals surface area (Å²) in [5, 5.41) is 7.56.